The number of aromatic amines is 1. The van der Waals surface area contributed by atoms with Crippen molar-refractivity contribution in [2.45, 2.75) is 46.8 Å². The fourth-order valence-electron chi connectivity index (χ4n) is 3.66. The number of aromatic nitrogens is 2. The van der Waals surface area contributed by atoms with Gasteiger partial charge < -0.3 is 20.4 Å². The summed E-state index contributed by atoms with van der Waals surface area (Å²) >= 11 is 0. The molecule has 142 valence electrons. The summed E-state index contributed by atoms with van der Waals surface area (Å²) in [4.78, 5) is 27.2. The summed E-state index contributed by atoms with van der Waals surface area (Å²) in [6.07, 6.45) is 2.41. The monoisotopic (exact) mass is 367 g/mol. The van der Waals surface area contributed by atoms with Gasteiger partial charge in [0.15, 0.2) is 0 Å². The van der Waals surface area contributed by atoms with E-state index in [0.29, 0.717) is 23.2 Å². The maximum Gasteiger partial charge on any atom is 0.252 e. The van der Waals surface area contributed by atoms with E-state index in [1.165, 1.54) is 0 Å². The van der Waals surface area contributed by atoms with Crippen LogP contribution in [-0.4, -0.2) is 20.6 Å². The van der Waals surface area contributed by atoms with Gasteiger partial charge in [0.25, 0.3) is 5.56 Å². The SMILES string of the molecule is Cc1cc(CO)[nH]c(=O)c1Cc1cc(C(N)=O)c2c(C)cn(C(C)C)c2c1. The minimum atomic E-state index is -0.479. The highest BCUT2D eigenvalue weighted by Crippen LogP contribution is 2.29. The molecule has 2 aromatic heterocycles. The molecule has 1 aromatic carbocycles. The summed E-state index contributed by atoms with van der Waals surface area (Å²) in [5.74, 6) is -0.479. The van der Waals surface area contributed by atoms with Crippen LogP contribution in [0.15, 0.2) is 29.2 Å². The first-order valence-corrected chi connectivity index (χ1v) is 8.99. The van der Waals surface area contributed by atoms with Gasteiger partial charge in [-0.1, -0.05) is 0 Å². The second kappa shape index (κ2) is 7.04. The Morgan fingerprint density at radius 2 is 1.93 bits per heavy atom. The molecule has 4 N–H and O–H groups in total. The van der Waals surface area contributed by atoms with E-state index in [1.807, 2.05) is 26.1 Å². The molecule has 0 radical (unpaired) electrons. The Balaban J connectivity index is 2.20. The summed E-state index contributed by atoms with van der Waals surface area (Å²) < 4.78 is 2.12. The Bertz CT molecular complexity index is 1090. The predicted molar refractivity (Wildman–Crippen MR) is 106 cm³/mol. The van der Waals surface area contributed by atoms with Gasteiger partial charge in [0, 0.05) is 46.4 Å². The van der Waals surface area contributed by atoms with Crippen LogP contribution in [0.4, 0.5) is 0 Å². The lowest BCUT2D eigenvalue weighted by Gasteiger charge is -2.13. The van der Waals surface area contributed by atoms with Crippen LogP contribution in [0.3, 0.4) is 0 Å². The number of aliphatic hydroxyl groups excluding tert-OH is 1. The number of aliphatic hydroxyl groups is 1. The third-order valence-electron chi connectivity index (χ3n) is 4.97. The van der Waals surface area contributed by atoms with Crippen LogP contribution >= 0.6 is 0 Å². The maximum absolute atomic E-state index is 12.4. The number of rotatable bonds is 5. The zero-order chi connectivity index (χ0) is 19.9. The Morgan fingerprint density at radius 1 is 1.22 bits per heavy atom. The van der Waals surface area contributed by atoms with Gasteiger partial charge in [-0.05, 0) is 62.6 Å². The molecule has 0 fully saturated rings. The Kier molecular flexibility index (Phi) is 4.93. The van der Waals surface area contributed by atoms with Crippen LogP contribution in [0.2, 0.25) is 0 Å². The van der Waals surface area contributed by atoms with Gasteiger partial charge in [0.2, 0.25) is 5.91 Å². The van der Waals surface area contributed by atoms with Crippen LogP contribution in [0.1, 0.15) is 58.2 Å². The maximum atomic E-state index is 12.4. The quantitative estimate of drug-likeness (QED) is 0.646. The molecule has 0 unspecified atom stereocenters. The van der Waals surface area contributed by atoms with Crippen LogP contribution in [-0.2, 0) is 13.0 Å². The van der Waals surface area contributed by atoms with Gasteiger partial charge in [-0.3, -0.25) is 9.59 Å². The van der Waals surface area contributed by atoms with E-state index < -0.39 is 5.91 Å². The van der Waals surface area contributed by atoms with Crippen molar-refractivity contribution in [1.29, 1.82) is 0 Å². The topological polar surface area (TPSA) is 101 Å². The highest BCUT2D eigenvalue weighted by molar-refractivity contribution is 6.07. The van der Waals surface area contributed by atoms with E-state index >= 15 is 0 Å². The van der Waals surface area contributed by atoms with E-state index in [2.05, 4.69) is 23.4 Å². The summed E-state index contributed by atoms with van der Waals surface area (Å²) in [5, 5.41) is 10.1. The number of H-pyrrole nitrogens is 1. The highest BCUT2D eigenvalue weighted by Gasteiger charge is 2.17. The number of hydrogen-bond donors (Lipinski definition) is 3. The largest absolute Gasteiger partial charge is 0.390 e. The van der Waals surface area contributed by atoms with Gasteiger partial charge >= 0.3 is 0 Å². The minimum Gasteiger partial charge on any atom is -0.390 e. The number of nitrogens with zero attached hydrogens (tertiary/aromatic N) is 1. The molecular formula is C21H25N3O3. The number of benzene rings is 1. The Labute approximate surface area is 157 Å². The molecule has 0 aliphatic rings. The average molecular weight is 367 g/mol. The van der Waals surface area contributed by atoms with E-state index in [4.69, 9.17) is 5.73 Å². The summed E-state index contributed by atoms with van der Waals surface area (Å²) in [6, 6.07) is 5.80. The standard InChI is InChI=1S/C21H25N3O3/c1-11(2)24-9-13(4)19-17(20(22)26)7-14(8-18(19)24)6-16-12(3)5-15(10-25)23-21(16)27/h5,7-9,11,25H,6,10H2,1-4H3,(H2,22,26)(H,23,27). The predicted octanol–water partition coefficient (Wildman–Crippen LogP) is 2.71. The molecule has 0 aliphatic carbocycles. The molecule has 1 amide bonds. The van der Waals surface area contributed by atoms with Crippen molar-refractivity contribution in [1.82, 2.24) is 9.55 Å². The summed E-state index contributed by atoms with van der Waals surface area (Å²) in [7, 11) is 0. The fraction of sp³-hybridized carbons (Fsp3) is 0.333. The van der Waals surface area contributed by atoms with Gasteiger partial charge in [0.1, 0.15) is 0 Å². The molecule has 6 nitrogen and oxygen atoms in total. The molecule has 0 spiro atoms. The van der Waals surface area contributed by atoms with Gasteiger partial charge in [0.05, 0.1) is 6.61 Å². The molecule has 0 saturated heterocycles. The molecule has 0 aliphatic heterocycles. The van der Waals surface area contributed by atoms with Gasteiger partial charge in [-0.2, -0.15) is 0 Å². The molecule has 2 heterocycles. The number of nitrogens with one attached hydrogen (secondary N) is 1. The van der Waals surface area contributed by atoms with Crippen molar-refractivity contribution < 1.29 is 9.90 Å². The number of amides is 1. The Morgan fingerprint density at radius 3 is 2.48 bits per heavy atom. The molecule has 27 heavy (non-hydrogen) atoms. The first-order valence-electron chi connectivity index (χ1n) is 8.99. The first kappa shape index (κ1) is 18.9. The van der Waals surface area contributed by atoms with Gasteiger partial charge in [-0.25, -0.2) is 0 Å². The van der Waals surface area contributed by atoms with Crippen LogP contribution in [0, 0.1) is 13.8 Å². The molecule has 0 saturated carbocycles. The van der Waals surface area contributed by atoms with Gasteiger partial charge in [-0.15, -0.1) is 0 Å². The van der Waals surface area contributed by atoms with Crippen LogP contribution in [0.5, 0.6) is 0 Å². The molecule has 3 aromatic rings. The molecule has 6 heteroatoms. The number of fused-ring (bicyclic) bond motifs is 1. The number of aryl methyl sites for hydroxylation is 2. The third-order valence-corrected chi connectivity index (χ3v) is 4.97. The van der Waals surface area contributed by atoms with E-state index in [0.717, 1.165) is 27.6 Å². The average Bonchev–Trinajstić information content (AvgIpc) is 2.94. The van der Waals surface area contributed by atoms with Crippen molar-refractivity contribution >= 4 is 16.8 Å². The number of carbonyl (C=O) groups excluding carboxylic acids is 1. The second-order valence-corrected chi connectivity index (χ2v) is 7.34. The number of carbonyl (C=O) groups is 1. The number of nitrogens with two attached hydrogens (primary N) is 1. The van der Waals surface area contributed by atoms with Crippen molar-refractivity contribution in [3.05, 3.63) is 68.3 Å². The molecule has 0 bridgehead atoms. The second-order valence-electron chi connectivity index (χ2n) is 7.34. The summed E-state index contributed by atoms with van der Waals surface area (Å²) in [5.41, 5.74) is 10.6. The zero-order valence-electron chi connectivity index (χ0n) is 16.1. The lowest BCUT2D eigenvalue weighted by Crippen LogP contribution is -2.18. The molecule has 0 atom stereocenters. The normalized spacial score (nSPS) is 11.5. The fourth-order valence-corrected chi connectivity index (χ4v) is 3.66. The van der Waals surface area contributed by atoms with Crippen molar-refractivity contribution in [3.63, 3.8) is 0 Å². The van der Waals surface area contributed by atoms with E-state index in [1.54, 1.807) is 12.1 Å². The smallest absolute Gasteiger partial charge is 0.252 e. The lowest BCUT2D eigenvalue weighted by molar-refractivity contribution is 0.100. The first-order chi connectivity index (χ1) is 12.7. The van der Waals surface area contributed by atoms with Crippen LogP contribution < -0.4 is 11.3 Å². The number of hydrogen-bond acceptors (Lipinski definition) is 3. The zero-order valence-corrected chi connectivity index (χ0v) is 16.1. The van der Waals surface area contributed by atoms with Crippen LogP contribution in [0.25, 0.3) is 10.9 Å². The number of pyridine rings is 1. The van der Waals surface area contributed by atoms with Crippen molar-refractivity contribution in [3.8, 4) is 0 Å². The Hall–Kier alpha value is -2.86. The van der Waals surface area contributed by atoms with Crippen molar-refractivity contribution in [2.24, 2.45) is 5.73 Å². The molecule has 3 rings (SSSR count). The lowest BCUT2D eigenvalue weighted by atomic mass is 9.97. The molecular weight excluding hydrogens is 342 g/mol. The summed E-state index contributed by atoms with van der Waals surface area (Å²) in [6.45, 7) is 7.76. The van der Waals surface area contributed by atoms with Crippen molar-refractivity contribution in [2.75, 3.05) is 0 Å². The minimum absolute atomic E-state index is 0.213. The van der Waals surface area contributed by atoms with E-state index in [-0.39, 0.29) is 18.2 Å². The highest BCUT2D eigenvalue weighted by atomic mass is 16.3. The number of primary amides is 1. The van der Waals surface area contributed by atoms with E-state index in [9.17, 15) is 14.7 Å². The third kappa shape index (κ3) is 3.40.